The lowest BCUT2D eigenvalue weighted by atomic mass is 10.2. The summed E-state index contributed by atoms with van der Waals surface area (Å²) in [5.41, 5.74) is 0.661. The van der Waals surface area contributed by atoms with Crippen molar-refractivity contribution >= 4 is 29.0 Å². The van der Waals surface area contributed by atoms with E-state index < -0.39 is 12.6 Å². The number of esters is 1. The summed E-state index contributed by atoms with van der Waals surface area (Å²) in [6, 6.07) is 9.59. The number of benzene rings is 1. The van der Waals surface area contributed by atoms with Crippen molar-refractivity contribution < 1.29 is 23.5 Å². The number of carbonyl (C=O) groups is 3. The van der Waals surface area contributed by atoms with Gasteiger partial charge >= 0.3 is 5.97 Å². The zero-order valence-corrected chi connectivity index (χ0v) is 16.2. The number of aryl methyl sites for hydroxylation is 1. The maximum atomic E-state index is 13.3. The van der Waals surface area contributed by atoms with E-state index in [-0.39, 0.29) is 36.9 Å². The third-order valence-corrected chi connectivity index (χ3v) is 4.97. The highest BCUT2D eigenvalue weighted by Crippen LogP contribution is 2.17. The highest BCUT2D eigenvalue weighted by Gasteiger charge is 2.16. The number of rotatable bonds is 9. The number of ether oxygens (including phenoxy) is 1. The average molecular weight is 391 g/mol. The maximum absolute atomic E-state index is 13.3. The molecule has 0 spiro atoms. The second-order valence-corrected chi connectivity index (χ2v) is 7.32. The molecule has 0 saturated heterocycles. The largest absolute Gasteiger partial charge is 0.456 e. The molecule has 7 heteroatoms. The number of halogens is 1. The molecule has 27 heavy (non-hydrogen) atoms. The van der Waals surface area contributed by atoms with E-state index in [0.29, 0.717) is 17.0 Å². The van der Waals surface area contributed by atoms with Gasteiger partial charge in [0.1, 0.15) is 5.82 Å². The number of hydrogen-bond acceptors (Lipinski definition) is 5. The molecular formula is C20H22FNO4S. The molecule has 0 fully saturated rings. The van der Waals surface area contributed by atoms with E-state index in [0.717, 1.165) is 4.88 Å². The van der Waals surface area contributed by atoms with Crippen LogP contribution in [-0.4, -0.2) is 35.7 Å². The van der Waals surface area contributed by atoms with Gasteiger partial charge in [-0.1, -0.05) is 12.1 Å². The van der Waals surface area contributed by atoms with E-state index in [9.17, 15) is 18.8 Å². The Hall–Kier alpha value is -2.54. The van der Waals surface area contributed by atoms with Crippen LogP contribution in [0.4, 0.5) is 4.39 Å². The number of hydrogen-bond donors (Lipinski definition) is 0. The first kappa shape index (κ1) is 20.8. The number of likely N-dealkylation sites (N-methyl/N-ethyl adjacent to an activating group) is 1. The van der Waals surface area contributed by atoms with Crippen LogP contribution in [0.2, 0.25) is 0 Å². The smallest absolute Gasteiger partial charge is 0.306 e. The molecule has 0 radical (unpaired) electrons. The molecule has 0 aliphatic heterocycles. The molecule has 144 valence electrons. The highest BCUT2D eigenvalue weighted by atomic mass is 32.1. The number of thiophene rings is 1. The molecule has 5 nitrogen and oxygen atoms in total. The molecule has 0 N–H and O–H groups in total. The first-order valence-electron chi connectivity index (χ1n) is 8.66. The van der Waals surface area contributed by atoms with Crippen LogP contribution in [0.15, 0.2) is 36.4 Å². The number of nitrogens with zero attached hydrogens (tertiary/aromatic N) is 1. The van der Waals surface area contributed by atoms with E-state index in [1.807, 2.05) is 13.0 Å². The fraction of sp³-hybridized carbons (Fsp3) is 0.350. The van der Waals surface area contributed by atoms with Gasteiger partial charge in [0, 0.05) is 24.4 Å². The van der Waals surface area contributed by atoms with Crippen molar-refractivity contribution in [2.75, 3.05) is 13.2 Å². The van der Waals surface area contributed by atoms with Crippen LogP contribution < -0.4 is 0 Å². The summed E-state index contributed by atoms with van der Waals surface area (Å²) in [6.07, 6.45) is -0.0210. The van der Waals surface area contributed by atoms with Crippen molar-refractivity contribution in [2.45, 2.75) is 33.2 Å². The third-order valence-electron chi connectivity index (χ3n) is 3.92. The molecular weight excluding hydrogens is 369 g/mol. The van der Waals surface area contributed by atoms with Crippen LogP contribution in [-0.2, 0) is 20.9 Å². The van der Waals surface area contributed by atoms with Crippen molar-refractivity contribution in [2.24, 2.45) is 0 Å². The van der Waals surface area contributed by atoms with Gasteiger partial charge in [-0.05, 0) is 43.7 Å². The second kappa shape index (κ2) is 9.97. The Bertz CT molecular complexity index is 818. The van der Waals surface area contributed by atoms with Gasteiger partial charge in [0.2, 0.25) is 0 Å². The Labute approximate surface area is 161 Å². The lowest BCUT2D eigenvalue weighted by Gasteiger charge is -2.20. The molecule has 0 bridgehead atoms. The molecule has 0 aliphatic carbocycles. The number of amides is 1. The van der Waals surface area contributed by atoms with Crippen LogP contribution in [0.25, 0.3) is 0 Å². The molecule has 0 atom stereocenters. The predicted molar refractivity (Wildman–Crippen MR) is 101 cm³/mol. The zero-order valence-electron chi connectivity index (χ0n) is 15.4. The Morgan fingerprint density at radius 3 is 2.56 bits per heavy atom. The lowest BCUT2D eigenvalue weighted by molar-refractivity contribution is -0.152. The Morgan fingerprint density at radius 2 is 1.93 bits per heavy atom. The molecule has 0 aliphatic rings. The molecule has 2 aromatic rings. The zero-order chi connectivity index (χ0) is 19.8. The van der Waals surface area contributed by atoms with Crippen LogP contribution in [0, 0.1) is 12.7 Å². The van der Waals surface area contributed by atoms with E-state index in [4.69, 9.17) is 4.74 Å². The summed E-state index contributed by atoms with van der Waals surface area (Å²) < 4.78 is 18.2. The SMILES string of the molecule is CCN(Cc1cccc(F)c1)C(=O)COC(=O)CCC(=O)c1ccc(C)s1. The summed E-state index contributed by atoms with van der Waals surface area (Å²) in [4.78, 5) is 39.1. The quantitative estimate of drug-likeness (QED) is 0.482. The molecule has 0 saturated carbocycles. The van der Waals surface area contributed by atoms with Crippen molar-refractivity contribution in [1.29, 1.82) is 0 Å². The second-order valence-electron chi connectivity index (χ2n) is 6.03. The minimum absolute atomic E-state index is 0.0494. The summed E-state index contributed by atoms with van der Waals surface area (Å²) in [5, 5.41) is 0. The normalized spacial score (nSPS) is 10.5. The lowest BCUT2D eigenvalue weighted by Crippen LogP contribution is -2.34. The summed E-state index contributed by atoms with van der Waals surface area (Å²) >= 11 is 1.39. The van der Waals surface area contributed by atoms with Gasteiger partial charge in [0.05, 0.1) is 11.3 Å². The van der Waals surface area contributed by atoms with Crippen molar-refractivity contribution in [3.8, 4) is 0 Å². The molecule has 1 aromatic heterocycles. The molecule has 0 unspecified atom stereocenters. The van der Waals surface area contributed by atoms with Crippen molar-refractivity contribution in [3.63, 3.8) is 0 Å². The van der Waals surface area contributed by atoms with Gasteiger partial charge in [-0.3, -0.25) is 14.4 Å². The first-order valence-corrected chi connectivity index (χ1v) is 9.48. The molecule has 2 rings (SSSR count). The summed E-state index contributed by atoms with van der Waals surface area (Å²) in [5.74, 6) is -1.44. The Kier molecular flexibility index (Phi) is 7.67. The number of ketones is 1. The molecule has 1 aromatic carbocycles. The molecule has 1 amide bonds. The number of Topliss-reactive ketones (excluding diaryl/α,β-unsaturated/α-hetero) is 1. The molecule has 1 heterocycles. The standard InChI is InChI=1S/C20H22FNO4S/c1-3-22(12-15-5-4-6-16(21)11-15)19(24)13-26-20(25)10-8-17(23)18-9-7-14(2)27-18/h4-7,9,11H,3,8,10,12-13H2,1-2H3. The van der Waals surface area contributed by atoms with Crippen LogP contribution in [0.3, 0.4) is 0 Å². The highest BCUT2D eigenvalue weighted by molar-refractivity contribution is 7.14. The fourth-order valence-corrected chi connectivity index (χ4v) is 3.30. The summed E-state index contributed by atoms with van der Waals surface area (Å²) in [7, 11) is 0. The van der Waals surface area contributed by atoms with Crippen LogP contribution in [0.5, 0.6) is 0 Å². The monoisotopic (exact) mass is 391 g/mol. The first-order chi connectivity index (χ1) is 12.9. The minimum atomic E-state index is -0.591. The topological polar surface area (TPSA) is 63.7 Å². The average Bonchev–Trinajstić information content (AvgIpc) is 3.08. The van der Waals surface area contributed by atoms with Gasteiger partial charge in [-0.15, -0.1) is 11.3 Å². The van der Waals surface area contributed by atoms with Gasteiger partial charge in [0.15, 0.2) is 12.4 Å². The van der Waals surface area contributed by atoms with E-state index >= 15 is 0 Å². The van der Waals surface area contributed by atoms with E-state index in [1.54, 1.807) is 25.1 Å². The third kappa shape index (κ3) is 6.60. The fourth-order valence-electron chi connectivity index (χ4n) is 2.46. The van der Waals surface area contributed by atoms with Gasteiger partial charge in [0.25, 0.3) is 5.91 Å². The van der Waals surface area contributed by atoms with E-state index in [2.05, 4.69) is 0 Å². The van der Waals surface area contributed by atoms with E-state index in [1.165, 1.54) is 28.4 Å². The van der Waals surface area contributed by atoms with Gasteiger partial charge in [-0.2, -0.15) is 0 Å². The van der Waals surface area contributed by atoms with Crippen molar-refractivity contribution in [3.05, 3.63) is 57.5 Å². The van der Waals surface area contributed by atoms with Gasteiger partial charge < -0.3 is 9.64 Å². The number of carbonyl (C=O) groups excluding carboxylic acids is 3. The van der Waals surface area contributed by atoms with Crippen LogP contribution in [0.1, 0.15) is 39.9 Å². The van der Waals surface area contributed by atoms with Crippen LogP contribution >= 0.6 is 11.3 Å². The predicted octanol–water partition coefficient (Wildman–Crippen LogP) is 3.75. The van der Waals surface area contributed by atoms with Gasteiger partial charge in [-0.25, -0.2) is 4.39 Å². The maximum Gasteiger partial charge on any atom is 0.306 e. The Morgan fingerprint density at radius 1 is 1.15 bits per heavy atom. The van der Waals surface area contributed by atoms with Crippen molar-refractivity contribution in [1.82, 2.24) is 4.90 Å². The Balaban J connectivity index is 1.77. The minimum Gasteiger partial charge on any atom is -0.456 e. The summed E-state index contributed by atoms with van der Waals surface area (Å²) in [6.45, 7) is 3.95.